The van der Waals surface area contributed by atoms with Crippen LogP contribution in [0.4, 0.5) is 4.39 Å². The van der Waals surface area contributed by atoms with Crippen molar-refractivity contribution in [2.75, 3.05) is 0 Å². The molecule has 2 aromatic carbocycles. The number of aryl methyl sites for hydroxylation is 2. The summed E-state index contributed by atoms with van der Waals surface area (Å²) in [6.07, 6.45) is 0. The van der Waals surface area contributed by atoms with E-state index in [1.54, 1.807) is 12.1 Å². The summed E-state index contributed by atoms with van der Waals surface area (Å²) in [4.78, 5) is 0. The fourth-order valence-electron chi connectivity index (χ4n) is 1.86. The van der Waals surface area contributed by atoms with Crippen molar-refractivity contribution in [1.82, 2.24) is 0 Å². The van der Waals surface area contributed by atoms with Crippen molar-refractivity contribution in [2.45, 2.75) is 13.8 Å². The maximum Gasteiger partial charge on any atom is 0.123 e. The number of hydrogen-bond acceptors (Lipinski definition) is 1. The first-order valence-corrected chi connectivity index (χ1v) is 5.39. The second-order valence-corrected chi connectivity index (χ2v) is 4.12. The van der Waals surface area contributed by atoms with Gasteiger partial charge in [0.05, 0.1) is 11.6 Å². The third-order valence-corrected chi connectivity index (χ3v) is 2.79. The lowest BCUT2D eigenvalue weighted by molar-refractivity contribution is 0.628. The highest BCUT2D eigenvalue weighted by Gasteiger charge is 2.08. The van der Waals surface area contributed by atoms with Crippen molar-refractivity contribution in [1.29, 1.82) is 5.26 Å². The van der Waals surface area contributed by atoms with Crippen LogP contribution in [-0.2, 0) is 0 Å². The second-order valence-electron chi connectivity index (χ2n) is 4.12. The van der Waals surface area contributed by atoms with Gasteiger partial charge in [0.25, 0.3) is 0 Å². The minimum Gasteiger partial charge on any atom is -0.207 e. The molecule has 17 heavy (non-hydrogen) atoms. The first kappa shape index (κ1) is 11.3. The molecule has 0 aromatic heterocycles. The van der Waals surface area contributed by atoms with Gasteiger partial charge in [-0.25, -0.2) is 4.39 Å². The first-order valence-electron chi connectivity index (χ1n) is 5.39. The topological polar surface area (TPSA) is 23.8 Å². The largest absolute Gasteiger partial charge is 0.207 e. The SMILES string of the molecule is Cc1ccc(C#N)c(-c2cc(F)ccc2C)c1. The molecule has 0 bridgehead atoms. The molecular formula is C15H12FN. The van der Waals surface area contributed by atoms with Crippen LogP contribution < -0.4 is 0 Å². The van der Waals surface area contributed by atoms with E-state index in [1.807, 2.05) is 26.0 Å². The van der Waals surface area contributed by atoms with Crippen LogP contribution in [0, 0.1) is 31.0 Å². The molecule has 0 aliphatic rings. The molecule has 0 amide bonds. The molecule has 0 heterocycles. The summed E-state index contributed by atoms with van der Waals surface area (Å²) in [5, 5.41) is 9.09. The molecule has 0 radical (unpaired) electrons. The molecule has 0 saturated heterocycles. The van der Waals surface area contributed by atoms with E-state index in [1.165, 1.54) is 12.1 Å². The summed E-state index contributed by atoms with van der Waals surface area (Å²) in [5.74, 6) is -0.281. The quantitative estimate of drug-likeness (QED) is 0.720. The van der Waals surface area contributed by atoms with Gasteiger partial charge in [-0.1, -0.05) is 23.8 Å². The fraction of sp³-hybridized carbons (Fsp3) is 0.133. The summed E-state index contributed by atoms with van der Waals surface area (Å²) < 4.78 is 13.3. The van der Waals surface area contributed by atoms with Crippen LogP contribution in [0.1, 0.15) is 16.7 Å². The van der Waals surface area contributed by atoms with Gasteiger partial charge in [0.15, 0.2) is 0 Å². The van der Waals surface area contributed by atoms with E-state index in [4.69, 9.17) is 5.26 Å². The van der Waals surface area contributed by atoms with Crippen molar-refractivity contribution in [2.24, 2.45) is 0 Å². The number of rotatable bonds is 1. The summed E-state index contributed by atoms with van der Waals surface area (Å²) >= 11 is 0. The number of hydrogen-bond donors (Lipinski definition) is 0. The normalized spacial score (nSPS) is 10.0. The molecule has 0 aliphatic heterocycles. The Kier molecular flexibility index (Phi) is 2.93. The smallest absolute Gasteiger partial charge is 0.123 e. The maximum absolute atomic E-state index is 13.3. The van der Waals surface area contributed by atoms with E-state index < -0.39 is 0 Å². The molecule has 0 aliphatic carbocycles. The number of benzene rings is 2. The predicted molar refractivity (Wildman–Crippen MR) is 66.0 cm³/mol. The Balaban J connectivity index is 2.72. The predicted octanol–water partition coefficient (Wildman–Crippen LogP) is 3.98. The Morgan fingerprint density at radius 2 is 1.76 bits per heavy atom. The van der Waals surface area contributed by atoms with Crippen LogP contribution in [0.25, 0.3) is 11.1 Å². The van der Waals surface area contributed by atoms with Gasteiger partial charge < -0.3 is 0 Å². The van der Waals surface area contributed by atoms with Gasteiger partial charge in [0.2, 0.25) is 0 Å². The molecule has 2 heteroatoms. The monoisotopic (exact) mass is 225 g/mol. The molecule has 84 valence electrons. The van der Waals surface area contributed by atoms with E-state index in [9.17, 15) is 4.39 Å². The third-order valence-electron chi connectivity index (χ3n) is 2.79. The van der Waals surface area contributed by atoms with E-state index in [0.717, 1.165) is 22.3 Å². The van der Waals surface area contributed by atoms with Crippen LogP contribution in [0.5, 0.6) is 0 Å². The number of nitrogens with zero attached hydrogens (tertiary/aromatic N) is 1. The summed E-state index contributed by atoms with van der Waals surface area (Å²) in [6, 6.07) is 12.4. The van der Waals surface area contributed by atoms with Gasteiger partial charge >= 0.3 is 0 Å². The van der Waals surface area contributed by atoms with Gasteiger partial charge in [-0.2, -0.15) is 5.26 Å². The lowest BCUT2D eigenvalue weighted by atomic mass is 9.95. The van der Waals surface area contributed by atoms with Crippen LogP contribution in [0.15, 0.2) is 36.4 Å². The number of nitriles is 1. The standard InChI is InChI=1S/C15H12FN/c1-10-3-5-12(9-17)15(7-10)14-8-13(16)6-4-11(14)2/h3-8H,1-2H3. The van der Waals surface area contributed by atoms with Crippen molar-refractivity contribution >= 4 is 0 Å². The van der Waals surface area contributed by atoms with Gasteiger partial charge in [0, 0.05) is 5.56 Å². The summed E-state index contributed by atoms with van der Waals surface area (Å²) in [7, 11) is 0. The van der Waals surface area contributed by atoms with Gasteiger partial charge in [-0.15, -0.1) is 0 Å². The lowest BCUT2D eigenvalue weighted by Crippen LogP contribution is -1.90. The van der Waals surface area contributed by atoms with E-state index in [-0.39, 0.29) is 5.82 Å². The minimum atomic E-state index is -0.281. The fourth-order valence-corrected chi connectivity index (χ4v) is 1.86. The maximum atomic E-state index is 13.3. The Labute approximate surface area is 100 Å². The third kappa shape index (κ3) is 2.19. The summed E-state index contributed by atoms with van der Waals surface area (Å²) in [6.45, 7) is 3.87. The average molecular weight is 225 g/mol. The molecule has 0 spiro atoms. The Morgan fingerprint density at radius 1 is 1.00 bits per heavy atom. The molecule has 2 aromatic rings. The van der Waals surface area contributed by atoms with Crippen LogP contribution in [0.3, 0.4) is 0 Å². The van der Waals surface area contributed by atoms with Gasteiger partial charge in [0.1, 0.15) is 5.82 Å². The molecule has 0 unspecified atom stereocenters. The minimum absolute atomic E-state index is 0.281. The Hall–Kier alpha value is -2.14. The van der Waals surface area contributed by atoms with Crippen LogP contribution >= 0.6 is 0 Å². The number of halogens is 1. The molecule has 0 saturated carbocycles. The van der Waals surface area contributed by atoms with Gasteiger partial charge in [-0.05, 0) is 43.2 Å². The van der Waals surface area contributed by atoms with Crippen molar-refractivity contribution < 1.29 is 4.39 Å². The zero-order valence-electron chi connectivity index (χ0n) is 9.79. The first-order chi connectivity index (χ1) is 8.11. The van der Waals surface area contributed by atoms with Crippen LogP contribution in [0.2, 0.25) is 0 Å². The Morgan fingerprint density at radius 3 is 2.47 bits per heavy atom. The molecule has 1 nitrogen and oxygen atoms in total. The molecule has 0 atom stereocenters. The molecule has 2 rings (SSSR count). The average Bonchev–Trinajstić information content (AvgIpc) is 2.32. The second kappa shape index (κ2) is 4.39. The zero-order chi connectivity index (χ0) is 12.4. The summed E-state index contributed by atoms with van der Waals surface area (Å²) in [5.41, 5.74) is 4.18. The highest BCUT2D eigenvalue weighted by Crippen LogP contribution is 2.28. The van der Waals surface area contributed by atoms with Crippen molar-refractivity contribution in [3.05, 3.63) is 58.9 Å². The lowest BCUT2D eigenvalue weighted by Gasteiger charge is -2.09. The van der Waals surface area contributed by atoms with E-state index in [0.29, 0.717) is 5.56 Å². The van der Waals surface area contributed by atoms with Crippen LogP contribution in [-0.4, -0.2) is 0 Å². The van der Waals surface area contributed by atoms with Crippen molar-refractivity contribution in [3.8, 4) is 17.2 Å². The molecular weight excluding hydrogens is 213 g/mol. The molecule has 0 fully saturated rings. The highest BCUT2D eigenvalue weighted by molar-refractivity contribution is 5.73. The Bertz CT molecular complexity index is 609. The van der Waals surface area contributed by atoms with E-state index in [2.05, 4.69) is 6.07 Å². The van der Waals surface area contributed by atoms with Crippen molar-refractivity contribution in [3.63, 3.8) is 0 Å². The highest BCUT2D eigenvalue weighted by atomic mass is 19.1. The van der Waals surface area contributed by atoms with Gasteiger partial charge in [-0.3, -0.25) is 0 Å². The zero-order valence-corrected chi connectivity index (χ0v) is 9.79. The molecule has 0 N–H and O–H groups in total. The van der Waals surface area contributed by atoms with E-state index >= 15 is 0 Å².